The highest BCUT2D eigenvalue weighted by molar-refractivity contribution is 7.12. The summed E-state index contributed by atoms with van der Waals surface area (Å²) in [5.41, 5.74) is 2.51. The number of rotatable bonds is 5. The van der Waals surface area contributed by atoms with Crippen molar-refractivity contribution in [2.24, 2.45) is 0 Å². The Kier molecular flexibility index (Phi) is 4.36. The molecular weight excluding hydrogens is 391 g/mol. The van der Waals surface area contributed by atoms with E-state index in [-0.39, 0.29) is 11.4 Å². The number of halogens is 1. The van der Waals surface area contributed by atoms with Crippen LogP contribution in [0.4, 0.5) is 10.2 Å². The molecule has 1 aromatic carbocycles. The van der Waals surface area contributed by atoms with Crippen LogP contribution in [0, 0.1) is 5.82 Å². The molecule has 9 heteroatoms. The van der Waals surface area contributed by atoms with E-state index in [4.69, 9.17) is 5.10 Å². The van der Waals surface area contributed by atoms with Gasteiger partial charge in [0.1, 0.15) is 5.82 Å². The highest BCUT2D eigenvalue weighted by Gasteiger charge is 2.30. The number of aromatic nitrogens is 5. The van der Waals surface area contributed by atoms with Crippen molar-refractivity contribution in [2.75, 3.05) is 5.32 Å². The predicted octanol–water partition coefficient (Wildman–Crippen LogP) is 4.05. The third kappa shape index (κ3) is 3.52. The monoisotopic (exact) mass is 406 g/mol. The van der Waals surface area contributed by atoms with Gasteiger partial charge in [0.2, 0.25) is 5.13 Å². The minimum atomic E-state index is -0.585. The minimum Gasteiger partial charge on any atom is -0.305 e. The number of nitrogens with one attached hydrogen (secondary N) is 1. The zero-order chi connectivity index (χ0) is 19.8. The molecule has 1 saturated carbocycles. The number of hydrogen-bond acceptors (Lipinski definition) is 6. The third-order valence-corrected chi connectivity index (χ3v) is 5.37. The topological polar surface area (TPSA) is 85.6 Å². The average Bonchev–Trinajstić information content (AvgIpc) is 3.25. The zero-order valence-electron chi connectivity index (χ0n) is 15.1. The van der Waals surface area contributed by atoms with Gasteiger partial charge in [0, 0.05) is 29.3 Å². The summed E-state index contributed by atoms with van der Waals surface area (Å²) in [5.74, 6) is -0.477. The van der Waals surface area contributed by atoms with Crippen LogP contribution in [-0.2, 0) is 0 Å². The molecule has 1 fully saturated rings. The van der Waals surface area contributed by atoms with Gasteiger partial charge in [-0.1, -0.05) is 12.1 Å². The van der Waals surface area contributed by atoms with Gasteiger partial charge >= 0.3 is 0 Å². The van der Waals surface area contributed by atoms with Crippen molar-refractivity contribution in [1.82, 2.24) is 24.7 Å². The van der Waals surface area contributed by atoms with Crippen LogP contribution < -0.4 is 5.32 Å². The Balaban J connectivity index is 1.41. The number of thiazole rings is 1. The molecule has 7 nitrogen and oxygen atoms in total. The molecule has 4 aromatic rings. The summed E-state index contributed by atoms with van der Waals surface area (Å²) in [7, 11) is 0. The van der Waals surface area contributed by atoms with Crippen LogP contribution in [0.3, 0.4) is 0 Å². The quantitative estimate of drug-likeness (QED) is 0.540. The second kappa shape index (κ2) is 7.17. The number of nitrogens with zero attached hydrogens (tertiary/aromatic N) is 5. The summed E-state index contributed by atoms with van der Waals surface area (Å²) in [6.07, 6.45) is 8.91. The normalized spacial score (nSPS) is 13.4. The van der Waals surface area contributed by atoms with E-state index in [1.54, 1.807) is 23.1 Å². The Bertz CT molecular complexity index is 1170. The molecule has 0 radical (unpaired) electrons. The van der Waals surface area contributed by atoms with E-state index in [0.717, 1.165) is 29.2 Å². The van der Waals surface area contributed by atoms with Crippen LogP contribution in [0.25, 0.3) is 16.4 Å². The van der Waals surface area contributed by atoms with Crippen molar-refractivity contribution < 1.29 is 9.18 Å². The van der Waals surface area contributed by atoms with Gasteiger partial charge in [-0.05, 0) is 25.0 Å². The lowest BCUT2D eigenvalue weighted by molar-refractivity contribution is 0.102. The Morgan fingerprint density at radius 2 is 2.03 bits per heavy atom. The van der Waals surface area contributed by atoms with Gasteiger partial charge in [-0.2, -0.15) is 5.10 Å². The highest BCUT2D eigenvalue weighted by Crippen LogP contribution is 2.43. The maximum Gasteiger partial charge on any atom is 0.259 e. The summed E-state index contributed by atoms with van der Waals surface area (Å²) in [6, 6.07) is 5.79. The van der Waals surface area contributed by atoms with E-state index in [1.165, 1.54) is 35.7 Å². The van der Waals surface area contributed by atoms with Gasteiger partial charge in [0.15, 0.2) is 5.82 Å². The molecule has 144 valence electrons. The Morgan fingerprint density at radius 1 is 1.17 bits per heavy atom. The fourth-order valence-corrected chi connectivity index (χ4v) is 3.60. The fourth-order valence-electron chi connectivity index (χ4n) is 3.03. The number of benzene rings is 1. The van der Waals surface area contributed by atoms with Crippen molar-refractivity contribution in [2.45, 2.75) is 18.8 Å². The van der Waals surface area contributed by atoms with Gasteiger partial charge < -0.3 is 5.32 Å². The third-order valence-electron chi connectivity index (χ3n) is 4.61. The Morgan fingerprint density at radius 3 is 2.72 bits per heavy atom. The largest absolute Gasteiger partial charge is 0.305 e. The molecule has 0 aliphatic heterocycles. The molecule has 0 bridgehead atoms. The van der Waals surface area contributed by atoms with Gasteiger partial charge in [-0.15, -0.1) is 11.3 Å². The maximum atomic E-state index is 13.8. The maximum absolute atomic E-state index is 13.8. The molecule has 0 atom stereocenters. The Hall–Kier alpha value is -3.46. The fraction of sp³-hybridized carbons (Fsp3) is 0.150. The van der Waals surface area contributed by atoms with E-state index in [1.807, 2.05) is 11.6 Å². The van der Waals surface area contributed by atoms with Crippen molar-refractivity contribution >= 4 is 23.1 Å². The first-order valence-electron chi connectivity index (χ1n) is 9.07. The first kappa shape index (κ1) is 17.6. The standard InChI is InChI=1S/C20H15FN6OS/c21-15-4-2-1-3-13(15)19(28)25-17-10-23-16(9-24-17)14-11-27(20-22-7-8-29-20)26-18(14)12-5-6-12/h1-4,7-12H,5-6H2,(H,24,25,28). The smallest absolute Gasteiger partial charge is 0.259 e. The zero-order valence-corrected chi connectivity index (χ0v) is 15.9. The number of amides is 1. The van der Waals surface area contributed by atoms with Crippen molar-refractivity contribution in [1.29, 1.82) is 0 Å². The molecule has 1 amide bonds. The molecule has 0 spiro atoms. The second-order valence-corrected chi connectivity index (χ2v) is 7.56. The van der Waals surface area contributed by atoms with Gasteiger partial charge in [0.25, 0.3) is 5.91 Å². The molecule has 5 rings (SSSR count). The van der Waals surface area contributed by atoms with Crippen LogP contribution in [0.2, 0.25) is 0 Å². The number of carbonyl (C=O) groups is 1. The van der Waals surface area contributed by atoms with E-state index in [0.29, 0.717) is 11.6 Å². The minimum absolute atomic E-state index is 0.0425. The molecule has 3 aromatic heterocycles. The SMILES string of the molecule is O=C(Nc1cnc(-c2cn(-c3nccs3)nc2C2CC2)cn1)c1ccccc1F. The van der Waals surface area contributed by atoms with Crippen LogP contribution in [0.5, 0.6) is 0 Å². The van der Waals surface area contributed by atoms with Gasteiger partial charge in [-0.3, -0.25) is 9.78 Å². The first-order chi connectivity index (χ1) is 14.2. The molecule has 0 saturated heterocycles. The van der Waals surface area contributed by atoms with Gasteiger partial charge in [0.05, 0.1) is 29.3 Å². The second-order valence-electron chi connectivity index (χ2n) is 6.68. The summed E-state index contributed by atoms with van der Waals surface area (Å²) < 4.78 is 15.5. The van der Waals surface area contributed by atoms with E-state index >= 15 is 0 Å². The first-order valence-corrected chi connectivity index (χ1v) is 9.95. The Labute approximate surface area is 169 Å². The summed E-state index contributed by atoms with van der Waals surface area (Å²) in [5, 5.41) is 9.96. The number of hydrogen-bond donors (Lipinski definition) is 1. The van der Waals surface area contributed by atoms with Crippen molar-refractivity contribution in [3.8, 4) is 16.4 Å². The lowest BCUT2D eigenvalue weighted by Crippen LogP contribution is -2.14. The average molecular weight is 406 g/mol. The molecule has 0 unspecified atom stereocenters. The lowest BCUT2D eigenvalue weighted by Gasteiger charge is -2.06. The molecule has 1 aliphatic rings. The molecule has 1 N–H and O–H groups in total. The lowest BCUT2D eigenvalue weighted by atomic mass is 10.1. The summed E-state index contributed by atoms with van der Waals surface area (Å²) >= 11 is 1.51. The van der Waals surface area contributed by atoms with Crippen LogP contribution >= 0.6 is 11.3 Å². The summed E-state index contributed by atoms with van der Waals surface area (Å²) in [6.45, 7) is 0. The van der Waals surface area contributed by atoms with Crippen LogP contribution in [-0.4, -0.2) is 30.6 Å². The number of carbonyl (C=O) groups excluding carboxylic acids is 1. The van der Waals surface area contributed by atoms with Gasteiger partial charge in [-0.25, -0.2) is 19.0 Å². The molecular formula is C20H15FN6OS. The van der Waals surface area contributed by atoms with Crippen LogP contribution in [0.1, 0.15) is 34.8 Å². The van der Waals surface area contributed by atoms with E-state index < -0.39 is 11.7 Å². The van der Waals surface area contributed by atoms with Crippen molar-refractivity contribution in [3.63, 3.8) is 0 Å². The molecule has 3 heterocycles. The summed E-state index contributed by atoms with van der Waals surface area (Å²) in [4.78, 5) is 25.3. The van der Waals surface area contributed by atoms with Crippen LogP contribution in [0.15, 0.2) is 54.4 Å². The molecule has 1 aliphatic carbocycles. The van der Waals surface area contributed by atoms with Crippen molar-refractivity contribution in [3.05, 3.63) is 71.5 Å². The highest BCUT2D eigenvalue weighted by atomic mass is 32.1. The predicted molar refractivity (Wildman–Crippen MR) is 107 cm³/mol. The van der Waals surface area contributed by atoms with E-state index in [9.17, 15) is 9.18 Å². The molecule has 29 heavy (non-hydrogen) atoms. The number of anilines is 1. The van der Waals surface area contributed by atoms with E-state index in [2.05, 4.69) is 20.3 Å².